The maximum absolute atomic E-state index is 14.3. The summed E-state index contributed by atoms with van der Waals surface area (Å²) in [7, 11) is 0. The standard InChI is InChI=1S/C26H19F8N3/c27-19-9-13-8-18-22(24(36)37-23(18)35)21(17(13)10-20(19)28)14-5-12(6-16(7-14)26(32,33)34)11-1-3-15(4-2-11)25(29,30)31/h5-11,15H,1-4H2,(H3,35,36,37). The third-order valence-electron chi connectivity index (χ3n) is 7.16. The minimum absolute atomic E-state index is 0.0249. The number of benzene rings is 3. The predicted octanol–water partition coefficient (Wildman–Crippen LogP) is 7.68. The monoisotopic (exact) mass is 525 g/mol. The van der Waals surface area contributed by atoms with Gasteiger partial charge in [-0.2, -0.15) is 26.3 Å². The molecule has 3 nitrogen and oxygen atoms in total. The van der Waals surface area contributed by atoms with Gasteiger partial charge in [0.2, 0.25) is 0 Å². The van der Waals surface area contributed by atoms with Gasteiger partial charge >= 0.3 is 12.4 Å². The summed E-state index contributed by atoms with van der Waals surface area (Å²) in [6.07, 6.45) is -9.48. The Kier molecular flexibility index (Phi) is 5.80. The van der Waals surface area contributed by atoms with Gasteiger partial charge in [-0.1, -0.05) is 6.07 Å². The maximum atomic E-state index is 14.3. The van der Waals surface area contributed by atoms with Crippen LogP contribution in [0.25, 0.3) is 21.9 Å². The van der Waals surface area contributed by atoms with Crippen molar-refractivity contribution in [3.05, 3.63) is 70.3 Å². The van der Waals surface area contributed by atoms with Gasteiger partial charge in [-0.3, -0.25) is 5.41 Å². The van der Waals surface area contributed by atoms with Gasteiger partial charge in [0.1, 0.15) is 5.84 Å². The highest BCUT2D eigenvalue weighted by atomic mass is 19.4. The normalized spacial score (nSPS) is 20.3. The molecule has 0 radical (unpaired) electrons. The van der Waals surface area contributed by atoms with E-state index in [0.29, 0.717) is 0 Å². The van der Waals surface area contributed by atoms with E-state index < -0.39 is 41.4 Å². The number of hydrogen-bond acceptors (Lipinski definition) is 2. The molecule has 0 saturated heterocycles. The predicted molar refractivity (Wildman–Crippen MR) is 123 cm³/mol. The number of fused-ring (bicyclic) bond motifs is 2. The van der Waals surface area contributed by atoms with E-state index in [4.69, 9.17) is 11.1 Å². The summed E-state index contributed by atoms with van der Waals surface area (Å²) in [6.45, 7) is 0. The molecular formula is C26H19F8N3. The molecule has 0 aromatic heterocycles. The van der Waals surface area contributed by atoms with Crippen molar-refractivity contribution >= 4 is 22.4 Å². The number of rotatable bonds is 2. The Morgan fingerprint density at radius 2 is 1.46 bits per heavy atom. The van der Waals surface area contributed by atoms with Crippen LogP contribution in [-0.4, -0.2) is 17.8 Å². The molecule has 11 heteroatoms. The lowest BCUT2D eigenvalue weighted by Crippen LogP contribution is -2.27. The molecule has 0 amide bonds. The van der Waals surface area contributed by atoms with Crippen molar-refractivity contribution in [2.75, 3.05) is 0 Å². The number of nitrogens with two attached hydrogens (primary N) is 1. The van der Waals surface area contributed by atoms with Crippen molar-refractivity contribution < 1.29 is 35.1 Å². The average Bonchev–Trinajstić information content (AvgIpc) is 3.10. The topological polar surface area (TPSA) is 62.2 Å². The first-order chi connectivity index (χ1) is 17.2. The lowest BCUT2D eigenvalue weighted by Gasteiger charge is -2.30. The first-order valence-corrected chi connectivity index (χ1v) is 11.4. The first-order valence-electron chi connectivity index (χ1n) is 11.4. The van der Waals surface area contributed by atoms with Crippen molar-refractivity contribution in [1.82, 2.24) is 0 Å². The molecule has 3 aromatic rings. The zero-order valence-corrected chi connectivity index (χ0v) is 19.0. The smallest absolute Gasteiger partial charge is 0.383 e. The lowest BCUT2D eigenvalue weighted by molar-refractivity contribution is -0.182. The number of nitrogens with one attached hydrogen (secondary N) is 1. The molecule has 1 aliphatic heterocycles. The van der Waals surface area contributed by atoms with Crippen LogP contribution in [0, 0.1) is 23.0 Å². The van der Waals surface area contributed by atoms with Gasteiger partial charge in [-0.05, 0) is 83.8 Å². The highest BCUT2D eigenvalue weighted by Crippen LogP contribution is 2.46. The number of alkyl halides is 6. The number of hydrogen-bond donors (Lipinski definition) is 2. The molecule has 2 aliphatic rings. The fraction of sp³-hybridized carbons (Fsp3) is 0.308. The summed E-state index contributed by atoms with van der Waals surface area (Å²) in [6, 6.07) is 6.30. The maximum Gasteiger partial charge on any atom is 0.416 e. The quantitative estimate of drug-likeness (QED) is 0.331. The van der Waals surface area contributed by atoms with E-state index in [1.807, 2.05) is 0 Å². The van der Waals surface area contributed by atoms with Crippen LogP contribution in [0.15, 0.2) is 41.4 Å². The van der Waals surface area contributed by atoms with Crippen molar-refractivity contribution in [3.63, 3.8) is 0 Å². The van der Waals surface area contributed by atoms with E-state index in [9.17, 15) is 35.1 Å². The molecule has 0 atom stereocenters. The average molecular weight is 525 g/mol. The Morgan fingerprint density at radius 1 is 0.811 bits per heavy atom. The molecule has 0 spiro atoms. The molecule has 0 bridgehead atoms. The second-order valence-electron chi connectivity index (χ2n) is 9.44. The van der Waals surface area contributed by atoms with Crippen LogP contribution in [0.1, 0.15) is 53.9 Å². The fourth-order valence-electron chi connectivity index (χ4n) is 5.33. The molecular weight excluding hydrogens is 506 g/mol. The lowest BCUT2D eigenvalue weighted by atomic mass is 9.77. The van der Waals surface area contributed by atoms with Crippen molar-refractivity contribution in [3.8, 4) is 11.1 Å². The SMILES string of the molecule is N=C1N=C(N)c2cc3cc(F)c(F)cc3c(-c3cc(C4CCC(C(F)(F)F)CC4)cc(C(F)(F)F)c3)c21. The summed E-state index contributed by atoms with van der Waals surface area (Å²) in [5.74, 6) is -4.91. The van der Waals surface area contributed by atoms with E-state index in [0.717, 1.165) is 24.3 Å². The Labute approximate surface area is 205 Å². The van der Waals surface area contributed by atoms with Crippen molar-refractivity contribution in [2.24, 2.45) is 16.6 Å². The summed E-state index contributed by atoms with van der Waals surface area (Å²) in [5.41, 5.74) is 5.32. The van der Waals surface area contributed by atoms with Gasteiger partial charge in [0.05, 0.1) is 11.5 Å². The van der Waals surface area contributed by atoms with E-state index in [-0.39, 0.29) is 75.9 Å². The van der Waals surface area contributed by atoms with E-state index >= 15 is 0 Å². The van der Waals surface area contributed by atoms with Gasteiger partial charge < -0.3 is 5.73 Å². The van der Waals surface area contributed by atoms with E-state index in [2.05, 4.69) is 4.99 Å². The minimum atomic E-state index is -4.79. The molecule has 1 aliphatic carbocycles. The second kappa shape index (κ2) is 8.53. The number of halogens is 8. The van der Waals surface area contributed by atoms with Crippen LogP contribution >= 0.6 is 0 Å². The van der Waals surface area contributed by atoms with Gasteiger partial charge in [-0.15, -0.1) is 0 Å². The molecule has 5 rings (SSSR count). The second-order valence-corrected chi connectivity index (χ2v) is 9.44. The van der Waals surface area contributed by atoms with Crippen LogP contribution in [0.3, 0.4) is 0 Å². The van der Waals surface area contributed by atoms with Gasteiger partial charge in [0, 0.05) is 16.7 Å². The largest absolute Gasteiger partial charge is 0.416 e. The molecule has 1 fully saturated rings. The molecule has 1 saturated carbocycles. The van der Waals surface area contributed by atoms with E-state index in [1.54, 1.807) is 0 Å². The molecule has 3 N–H and O–H groups in total. The molecule has 3 aromatic carbocycles. The molecule has 194 valence electrons. The summed E-state index contributed by atoms with van der Waals surface area (Å²) >= 11 is 0. The molecule has 1 heterocycles. The number of nitrogens with zero attached hydrogens (tertiary/aromatic N) is 1. The van der Waals surface area contributed by atoms with E-state index in [1.165, 1.54) is 12.1 Å². The summed E-state index contributed by atoms with van der Waals surface area (Å²) in [4.78, 5) is 3.89. The molecule has 0 unspecified atom stereocenters. The third kappa shape index (κ3) is 4.44. The van der Waals surface area contributed by atoms with Crippen molar-refractivity contribution in [2.45, 2.75) is 44.0 Å². The third-order valence-corrected chi connectivity index (χ3v) is 7.16. The Bertz CT molecular complexity index is 1460. The highest BCUT2D eigenvalue weighted by Gasteiger charge is 2.42. The fourth-order valence-corrected chi connectivity index (χ4v) is 5.33. The first kappa shape index (κ1) is 25.2. The zero-order valence-electron chi connectivity index (χ0n) is 19.0. The van der Waals surface area contributed by atoms with Crippen LogP contribution in [0.2, 0.25) is 0 Å². The van der Waals surface area contributed by atoms with Crippen molar-refractivity contribution in [1.29, 1.82) is 5.41 Å². The number of amidine groups is 2. The Balaban J connectivity index is 1.72. The minimum Gasteiger partial charge on any atom is -0.383 e. The Morgan fingerprint density at radius 3 is 2.08 bits per heavy atom. The summed E-state index contributed by atoms with van der Waals surface area (Å²) in [5, 5.41) is 8.46. The van der Waals surface area contributed by atoms with Crippen LogP contribution in [-0.2, 0) is 6.18 Å². The van der Waals surface area contributed by atoms with Crippen LogP contribution in [0.4, 0.5) is 35.1 Å². The highest BCUT2D eigenvalue weighted by molar-refractivity contribution is 6.26. The molecule has 37 heavy (non-hydrogen) atoms. The number of aliphatic imine (C=N–C) groups is 1. The van der Waals surface area contributed by atoms with Gasteiger partial charge in [0.15, 0.2) is 17.5 Å². The summed E-state index contributed by atoms with van der Waals surface area (Å²) < 4.78 is 110. The zero-order chi connectivity index (χ0) is 26.9. The van der Waals surface area contributed by atoms with Gasteiger partial charge in [-0.25, -0.2) is 13.8 Å². The van der Waals surface area contributed by atoms with Crippen LogP contribution in [0.5, 0.6) is 0 Å². The van der Waals surface area contributed by atoms with Crippen LogP contribution < -0.4 is 5.73 Å². The Hall–Kier alpha value is -3.50. The van der Waals surface area contributed by atoms with Gasteiger partial charge in [0.25, 0.3) is 0 Å².